The van der Waals surface area contributed by atoms with Gasteiger partial charge < -0.3 is 15.2 Å². The first-order valence-electron chi connectivity index (χ1n) is 7.27. The van der Waals surface area contributed by atoms with Crippen molar-refractivity contribution in [2.75, 3.05) is 40.5 Å². The smallest absolute Gasteiger partial charge is 0.0615 e. The molecule has 4 nitrogen and oxygen atoms in total. The quantitative estimate of drug-likeness (QED) is 0.663. The van der Waals surface area contributed by atoms with Crippen molar-refractivity contribution < 1.29 is 9.47 Å². The lowest BCUT2D eigenvalue weighted by Crippen LogP contribution is -2.41. The van der Waals surface area contributed by atoms with Gasteiger partial charge in [-0.2, -0.15) is 0 Å². The number of ether oxygens (including phenoxy) is 2. The molecule has 0 bridgehead atoms. The van der Waals surface area contributed by atoms with Crippen LogP contribution in [0.15, 0.2) is 0 Å². The second-order valence-electron chi connectivity index (χ2n) is 6.65. The lowest BCUT2D eigenvalue weighted by Gasteiger charge is -2.30. The highest BCUT2D eigenvalue weighted by molar-refractivity contribution is 4.75. The fraction of sp³-hybridized carbons (Fsp3) is 1.00. The molecule has 0 aliphatic heterocycles. The standard InChI is InChI=1S/C15H34N2O2/c1-13(12-19-6)17(9-10-18-5)8-7-14(16)11-15(2,3)4/h13-14H,7-12,16H2,1-6H3. The monoisotopic (exact) mass is 274 g/mol. The van der Waals surface area contributed by atoms with Crippen LogP contribution in [0.2, 0.25) is 0 Å². The molecule has 0 amide bonds. The van der Waals surface area contributed by atoms with Crippen LogP contribution in [-0.4, -0.2) is 57.5 Å². The van der Waals surface area contributed by atoms with E-state index in [1.807, 2.05) is 0 Å². The van der Waals surface area contributed by atoms with Gasteiger partial charge in [-0.15, -0.1) is 0 Å². The highest BCUT2D eigenvalue weighted by Crippen LogP contribution is 2.21. The highest BCUT2D eigenvalue weighted by atomic mass is 16.5. The summed E-state index contributed by atoms with van der Waals surface area (Å²) in [5.41, 5.74) is 6.52. The molecule has 0 saturated carbocycles. The summed E-state index contributed by atoms with van der Waals surface area (Å²) in [6, 6.07) is 0.668. The van der Waals surface area contributed by atoms with E-state index >= 15 is 0 Å². The summed E-state index contributed by atoms with van der Waals surface area (Å²) in [4.78, 5) is 2.40. The molecule has 0 fully saturated rings. The molecular formula is C15H34N2O2. The molecule has 0 aliphatic rings. The highest BCUT2D eigenvalue weighted by Gasteiger charge is 2.18. The molecular weight excluding hydrogens is 240 g/mol. The van der Waals surface area contributed by atoms with Crippen LogP contribution >= 0.6 is 0 Å². The zero-order valence-corrected chi connectivity index (χ0v) is 13.7. The third-order valence-corrected chi connectivity index (χ3v) is 3.28. The average molecular weight is 274 g/mol. The van der Waals surface area contributed by atoms with E-state index in [1.165, 1.54) is 0 Å². The number of hydrogen-bond acceptors (Lipinski definition) is 4. The minimum Gasteiger partial charge on any atom is -0.383 e. The summed E-state index contributed by atoms with van der Waals surface area (Å²) < 4.78 is 10.4. The second kappa shape index (κ2) is 9.70. The van der Waals surface area contributed by atoms with Crippen molar-refractivity contribution >= 4 is 0 Å². The Morgan fingerprint density at radius 2 is 1.74 bits per heavy atom. The Labute approximate surface area is 119 Å². The molecule has 116 valence electrons. The topological polar surface area (TPSA) is 47.7 Å². The van der Waals surface area contributed by atoms with Crippen LogP contribution in [0.3, 0.4) is 0 Å². The molecule has 0 aromatic rings. The van der Waals surface area contributed by atoms with E-state index in [0.717, 1.165) is 39.1 Å². The van der Waals surface area contributed by atoms with E-state index in [1.54, 1.807) is 14.2 Å². The van der Waals surface area contributed by atoms with Gasteiger partial charge in [-0.1, -0.05) is 20.8 Å². The molecule has 2 atom stereocenters. The molecule has 2 N–H and O–H groups in total. The first-order chi connectivity index (χ1) is 8.80. The molecule has 0 rings (SSSR count). The van der Waals surface area contributed by atoms with Crippen LogP contribution in [0.5, 0.6) is 0 Å². The Balaban J connectivity index is 4.16. The van der Waals surface area contributed by atoms with Crippen molar-refractivity contribution in [1.82, 2.24) is 4.90 Å². The summed E-state index contributed by atoms with van der Waals surface area (Å²) in [5.74, 6) is 0. The van der Waals surface area contributed by atoms with Gasteiger partial charge >= 0.3 is 0 Å². The predicted molar refractivity (Wildman–Crippen MR) is 81.5 cm³/mol. The minimum atomic E-state index is 0.264. The van der Waals surface area contributed by atoms with Gasteiger partial charge in [0.2, 0.25) is 0 Å². The molecule has 0 heterocycles. The lowest BCUT2D eigenvalue weighted by atomic mass is 9.87. The Morgan fingerprint density at radius 3 is 2.21 bits per heavy atom. The fourth-order valence-corrected chi connectivity index (χ4v) is 2.33. The van der Waals surface area contributed by atoms with Crippen molar-refractivity contribution in [3.05, 3.63) is 0 Å². The average Bonchev–Trinajstić information content (AvgIpc) is 2.27. The number of nitrogens with two attached hydrogens (primary N) is 1. The van der Waals surface area contributed by atoms with Gasteiger partial charge in [0.25, 0.3) is 0 Å². The van der Waals surface area contributed by atoms with Crippen LogP contribution in [0, 0.1) is 5.41 Å². The summed E-state index contributed by atoms with van der Waals surface area (Å²) >= 11 is 0. The van der Waals surface area contributed by atoms with Crippen LogP contribution in [0.1, 0.15) is 40.5 Å². The van der Waals surface area contributed by atoms with E-state index in [4.69, 9.17) is 15.2 Å². The Hall–Kier alpha value is -0.160. The Kier molecular flexibility index (Phi) is 9.62. The molecule has 0 spiro atoms. The molecule has 0 aromatic heterocycles. The van der Waals surface area contributed by atoms with Gasteiger partial charge in [-0.25, -0.2) is 0 Å². The number of hydrogen-bond donors (Lipinski definition) is 1. The molecule has 2 unspecified atom stereocenters. The van der Waals surface area contributed by atoms with Gasteiger partial charge in [0, 0.05) is 39.4 Å². The summed E-state index contributed by atoms with van der Waals surface area (Å²) in [6.07, 6.45) is 2.08. The molecule has 4 heteroatoms. The normalized spacial score (nSPS) is 15.8. The maximum Gasteiger partial charge on any atom is 0.0615 e. The molecule has 19 heavy (non-hydrogen) atoms. The van der Waals surface area contributed by atoms with E-state index in [2.05, 4.69) is 32.6 Å². The first-order valence-corrected chi connectivity index (χ1v) is 7.27. The van der Waals surface area contributed by atoms with E-state index in [-0.39, 0.29) is 6.04 Å². The van der Waals surface area contributed by atoms with Crippen molar-refractivity contribution in [2.45, 2.75) is 52.6 Å². The zero-order valence-electron chi connectivity index (χ0n) is 13.7. The summed E-state index contributed by atoms with van der Waals surface area (Å²) in [6.45, 7) is 12.3. The SMILES string of the molecule is COCCN(CCC(N)CC(C)(C)C)C(C)COC. The maximum absolute atomic E-state index is 6.22. The Bertz CT molecular complexity index is 217. The molecule has 0 aromatic carbocycles. The van der Waals surface area contributed by atoms with Gasteiger partial charge in [-0.05, 0) is 25.2 Å². The van der Waals surface area contributed by atoms with Crippen molar-refractivity contribution in [3.8, 4) is 0 Å². The fourth-order valence-electron chi connectivity index (χ4n) is 2.33. The van der Waals surface area contributed by atoms with Gasteiger partial charge in [0.05, 0.1) is 13.2 Å². The van der Waals surface area contributed by atoms with Gasteiger partial charge in [0.15, 0.2) is 0 Å². The van der Waals surface area contributed by atoms with Gasteiger partial charge in [0.1, 0.15) is 0 Å². The van der Waals surface area contributed by atoms with Gasteiger partial charge in [-0.3, -0.25) is 4.90 Å². The van der Waals surface area contributed by atoms with E-state index < -0.39 is 0 Å². The van der Waals surface area contributed by atoms with Crippen LogP contribution in [0.4, 0.5) is 0 Å². The maximum atomic E-state index is 6.22. The van der Waals surface area contributed by atoms with Crippen LogP contribution in [-0.2, 0) is 9.47 Å². The van der Waals surface area contributed by atoms with Crippen molar-refractivity contribution in [1.29, 1.82) is 0 Å². The van der Waals surface area contributed by atoms with Crippen LogP contribution < -0.4 is 5.73 Å². The van der Waals surface area contributed by atoms with E-state index in [0.29, 0.717) is 11.5 Å². The zero-order chi connectivity index (χ0) is 14.9. The molecule has 0 saturated heterocycles. The number of methoxy groups -OCH3 is 2. The van der Waals surface area contributed by atoms with Crippen molar-refractivity contribution in [2.24, 2.45) is 11.1 Å². The first kappa shape index (κ1) is 18.8. The minimum absolute atomic E-state index is 0.264. The van der Waals surface area contributed by atoms with E-state index in [9.17, 15) is 0 Å². The third-order valence-electron chi connectivity index (χ3n) is 3.28. The summed E-state index contributed by atoms with van der Waals surface area (Å²) in [7, 11) is 3.49. The molecule has 0 radical (unpaired) electrons. The van der Waals surface area contributed by atoms with Crippen LogP contribution in [0.25, 0.3) is 0 Å². The van der Waals surface area contributed by atoms with Crippen molar-refractivity contribution in [3.63, 3.8) is 0 Å². The number of rotatable bonds is 10. The predicted octanol–water partition coefficient (Wildman–Crippen LogP) is 2.12. The largest absolute Gasteiger partial charge is 0.383 e. The lowest BCUT2D eigenvalue weighted by molar-refractivity contribution is 0.0724. The molecule has 0 aliphatic carbocycles. The second-order valence-corrected chi connectivity index (χ2v) is 6.65. The third kappa shape index (κ3) is 10.3. The Morgan fingerprint density at radius 1 is 1.11 bits per heavy atom. The number of nitrogens with zero attached hydrogens (tertiary/aromatic N) is 1. The summed E-state index contributed by atoms with van der Waals surface area (Å²) in [5, 5.41) is 0.